The molecular formula is C15H19N5OS2. The second kappa shape index (κ2) is 8.64. The molecule has 122 valence electrons. The van der Waals surface area contributed by atoms with E-state index in [-0.39, 0.29) is 11.2 Å². The van der Waals surface area contributed by atoms with Crippen LogP contribution in [-0.4, -0.2) is 32.6 Å². The summed E-state index contributed by atoms with van der Waals surface area (Å²) < 4.78 is 1.43. The highest BCUT2D eigenvalue weighted by Crippen LogP contribution is 2.26. The molecule has 6 nitrogen and oxygen atoms in total. The maximum atomic E-state index is 11.9. The largest absolute Gasteiger partial charge is 0.352 e. The van der Waals surface area contributed by atoms with Crippen molar-refractivity contribution in [3.63, 3.8) is 0 Å². The Morgan fingerprint density at radius 1 is 1.39 bits per heavy atom. The van der Waals surface area contributed by atoms with Crippen LogP contribution in [0.2, 0.25) is 0 Å². The van der Waals surface area contributed by atoms with E-state index in [1.165, 1.54) is 33.8 Å². The number of thioether (sulfide) groups is 2. The molecule has 1 heterocycles. The van der Waals surface area contributed by atoms with Crippen LogP contribution in [-0.2, 0) is 10.5 Å². The number of hydrogen-bond donors (Lipinski definition) is 2. The molecule has 1 aromatic heterocycles. The standard InChI is InChI=1S/C15H19N5OS2/c1-3-9-17-13(21)11(2)23-15-19-18-14(20(15)16)22-10-12-7-5-4-6-8-12/h3-8,11H,1,9-10,16H2,2H3,(H,17,21)/t11-/m1/s1. The molecule has 2 rings (SSSR count). The SMILES string of the molecule is C=CCNC(=O)[C@@H](C)Sc1nnc(SCc2ccccc2)n1N. The Hall–Kier alpha value is -1.93. The van der Waals surface area contributed by atoms with Gasteiger partial charge in [-0.3, -0.25) is 4.79 Å². The summed E-state index contributed by atoms with van der Waals surface area (Å²) in [7, 11) is 0. The smallest absolute Gasteiger partial charge is 0.233 e. The molecule has 0 aliphatic rings. The van der Waals surface area contributed by atoms with Gasteiger partial charge >= 0.3 is 0 Å². The summed E-state index contributed by atoms with van der Waals surface area (Å²) in [5.74, 6) is 6.69. The van der Waals surface area contributed by atoms with Crippen LogP contribution in [0, 0.1) is 0 Å². The first-order chi connectivity index (χ1) is 11.1. The monoisotopic (exact) mass is 349 g/mol. The fourth-order valence-electron chi connectivity index (χ4n) is 1.69. The predicted octanol–water partition coefficient (Wildman–Crippen LogP) is 2.07. The third-order valence-corrected chi connectivity index (χ3v) is 4.99. The lowest BCUT2D eigenvalue weighted by Gasteiger charge is -2.10. The normalized spacial score (nSPS) is 11.9. The predicted molar refractivity (Wildman–Crippen MR) is 94.7 cm³/mol. The fraction of sp³-hybridized carbons (Fsp3) is 0.267. The van der Waals surface area contributed by atoms with Gasteiger partial charge in [-0.2, -0.15) is 0 Å². The fourth-order valence-corrected chi connectivity index (χ4v) is 3.36. The molecule has 0 saturated carbocycles. The average molecular weight is 349 g/mol. The van der Waals surface area contributed by atoms with Gasteiger partial charge in [0.25, 0.3) is 0 Å². The number of carbonyl (C=O) groups excluding carboxylic acids is 1. The lowest BCUT2D eigenvalue weighted by Crippen LogP contribution is -2.31. The summed E-state index contributed by atoms with van der Waals surface area (Å²) >= 11 is 2.78. The second-order valence-corrected chi connectivity index (χ2v) is 6.95. The van der Waals surface area contributed by atoms with E-state index in [9.17, 15) is 4.79 Å². The Morgan fingerprint density at radius 2 is 2.09 bits per heavy atom. The third-order valence-electron chi connectivity index (χ3n) is 2.92. The van der Waals surface area contributed by atoms with Gasteiger partial charge < -0.3 is 11.2 Å². The molecular weight excluding hydrogens is 330 g/mol. The molecule has 0 unspecified atom stereocenters. The molecule has 0 fully saturated rings. The first-order valence-electron chi connectivity index (χ1n) is 7.04. The molecule has 1 aromatic carbocycles. The van der Waals surface area contributed by atoms with Crippen molar-refractivity contribution in [2.75, 3.05) is 12.4 Å². The molecule has 3 N–H and O–H groups in total. The van der Waals surface area contributed by atoms with Crippen molar-refractivity contribution >= 4 is 29.4 Å². The minimum absolute atomic E-state index is 0.0867. The van der Waals surface area contributed by atoms with Crippen LogP contribution in [0.5, 0.6) is 0 Å². The lowest BCUT2D eigenvalue weighted by molar-refractivity contribution is -0.120. The van der Waals surface area contributed by atoms with E-state index in [0.717, 1.165) is 5.75 Å². The topological polar surface area (TPSA) is 85.8 Å². The molecule has 0 radical (unpaired) electrons. The van der Waals surface area contributed by atoms with Gasteiger partial charge in [0.1, 0.15) is 0 Å². The van der Waals surface area contributed by atoms with E-state index in [2.05, 4.69) is 22.1 Å². The molecule has 0 bridgehead atoms. The Labute approximate surface area is 143 Å². The number of amides is 1. The van der Waals surface area contributed by atoms with Gasteiger partial charge in [-0.1, -0.05) is 59.9 Å². The third kappa shape index (κ3) is 5.04. The second-order valence-electron chi connectivity index (χ2n) is 4.70. The van der Waals surface area contributed by atoms with E-state index >= 15 is 0 Å². The quantitative estimate of drug-likeness (QED) is 0.431. The maximum Gasteiger partial charge on any atom is 0.233 e. The highest BCUT2D eigenvalue weighted by molar-refractivity contribution is 8.00. The van der Waals surface area contributed by atoms with Gasteiger partial charge in [0.2, 0.25) is 16.2 Å². The Bertz CT molecular complexity index is 659. The molecule has 8 heteroatoms. The number of aromatic nitrogens is 3. The molecule has 23 heavy (non-hydrogen) atoms. The molecule has 2 aromatic rings. The van der Waals surface area contributed by atoms with E-state index in [1.54, 1.807) is 13.0 Å². The molecule has 0 aliphatic carbocycles. The van der Waals surface area contributed by atoms with Crippen LogP contribution >= 0.6 is 23.5 Å². The van der Waals surface area contributed by atoms with Gasteiger partial charge in [-0.15, -0.1) is 16.8 Å². The number of nitrogens with one attached hydrogen (secondary N) is 1. The van der Waals surface area contributed by atoms with Gasteiger partial charge in [-0.05, 0) is 12.5 Å². The highest BCUT2D eigenvalue weighted by atomic mass is 32.2. The molecule has 0 aliphatic heterocycles. The molecule has 1 amide bonds. The number of benzene rings is 1. The maximum absolute atomic E-state index is 11.9. The van der Waals surface area contributed by atoms with Crippen LogP contribution in [0.25, 0.3) is 0 Å². The molecule has 1 atom stereocenters. The average Bonchev–Trinajstić information content (AvgIpc) is 2.91. The Kier molecular flexibility index (Phi) is 6.54. The summed E-state index contributed by atoms with van der Waals surface area (Å²) in [5, 5.41) is 11.7. The van der Waals surface area contributed by atoms with E-state index in [1.807, 2.05) is 30.3 Å². The summed E-state index contributed by atoms with van der Waals surface area (Å²) in [4.78, 5) is 11.9. The minimum atomic E-state index is -0.312. The Balaban J connectivity index is 1.93. The van der Waals surface area contributed by atoms with Crippen LogP contribution in [0.15, 0.2) is 53.3 Å². The highest BCUT2D eigenvalue weighted by Gasteiger charge is 2.19. The molecule has 0 saturated heterocycles. The number of nitrogens with two attached hydrogens (primary N) is 1. The van der Waals surface area contributed by atoms with Crippen LogP contribution in [0.4, 0.5) is 0 Å². The number of hydrogen-bond acceptors (Lipinski definition) is 6. The summed E-state index contributed by atoms with van der Waals surface area (Å²) in [6, 6.07) is 10.1. The molecule has 0 spiro atoms. The van der Waals surface area contributed by atoms with Crippen molar-refractivity contribution in [3.05, 3.63) is 48.6 Å². The van der Waals surface area contributed by atoms with Crippen LogP contribution in [0.1, 0.15) is 12.5 Å². The number of nitrogen functional groups attached to an aromatic ring is 1. The first kappa shape index (κ1) is 17.4. The van der Waals surface area contributed by atoms with Gasteiger partial charge in [0, 0.05) is 12.3 Å². The number of nitrogens with zero attached hydrogens (tertiary/aromatic N) is 3. The van der Waals surface area contributed by atoms with Crippen molar-refractivity contribution in [2.45, 2.75) is 28.2 Å². The van der Waals surface area contributed by atoms with Gasteiger partial charge in [0.15, 0.2) is 0 Å². The van der Waals surface area contributed by atoms with Gasteiger partial charge in [0.05, 0.1) is 5.25 Å². The van der Waals surface area contributed by atoms with Crippen molar-refractivity contribution < 1.29 is 4.79 Å². The summed E-state index contributed by atoms with van der Waals surface area (Å²) in [6.07, 6.45) is 1.64. The first-order valence-corrected chi connectivity index (χ1v) is 8.90. The van der Waals surface area contributed by atoms with Gasteiger partial charge in [-0.25, -0.2) is 4.68 Å². The zero-order valence-corrected chi connectivity index (χ0v) is 14.4. The van der Waals surface area contributed by atoms with Crippen LogP contribution in [0.3, 0.4) is 0 Å². The zero-order valence-electron chi connectivity index (χ0n) is 12.8. The van der Waals surface area contributed by atoms with Crippen molar-refractivity contribution in [2.24, 2.45) is 0 Å². The van der Waals surface area contributed by atoms with Crippen molar-refractivity contribution in [1.82, 2.24) is 20.2 Å². The Morgan fingerprint density at radius 3 is 2.78 bits per heavy atom. The van der Waals surface area contributed by atoms with Crippen molar-refractivity contribution in [3.8, 4) is 0 Å². The summed E-state index contributed by atoms with van der Waals surface area (Å²) in [6.45, 7) is 5.81. The van der Waals surface area contributed by atoms with E-state index < -0.39 is 0 Å². The van der Waals surface area contributed by atoms with Crippen molar-refractivity contribution in [1.29, 1.82) is 0 Å². The van der Waals surface area contributed by atoms with E-state index in [0.29, 0.717) is 16.9 Å². The lowest BCUT2D eigenvalue weighted by atomic mass is 10.2. The number of carbonyl (C=O) groups is 1. The zero-order chi connectivity index (χ0) is 16.7. The summed E-state index contributed by atoms with van der Waals surface area (Å²) in [5.41, 5.74) is 1.19. The minimum Gasteiger partial charge on any atom is -0.352 e. The number of rotatable bonds is 8. The van der Waals surface area contributed by atoms with Crippen LogP contribution < -0.4 is 11.2 Å². The van der Waals surface area contributed by atoms with E-state index in [4.69, 9.17) is 5.84 Å².